The number of rotatable bonds is 4. The number of benzene rings is 1. The highest BCUT2D eigenvalue weighted by Gasteiger charge is 2.21. The molecule has 2 N–H and O–H groups in total. The molecule has 1 fully saturated rings. The van der Waals surface area contributed by atoms with E-state index in [0.717, 1.165) is 29.8 Å². The Morgan fingerprint density at radius 1 is 1.33 bits per heavy atom. The minimum Gasteiger partial charge on any atom is -0.396 e. The Balaban J connectivity index is 1.89. The van der Waals surface area contributed by atoms with Crippen molar-refractivity contribution in [2.75, 3.05) is 17.7 Å². The SMILES string of the molecule is O=C(Nc1ccc(CCO)cc1)C1CCCCS1. The smallest absolute Gasteiger partial charge is 0.237 e. The molecule has 1 aliphatic rings. The zero-order valence-corrected chi connectivity index (χ0v) is 11.2. The predicted octanol–water partition coefficient (Wildman–Crippen LogP) is 2.45. The summed E-state index contributed by atoms with van der Waals surface area (Å²) in [6.45, 7) is 0.157. The molecule has 0 bridgehead atoms. The molecule has 0 aliphatic carbocycles. The normalized spacial score (nSPS) is 19.5. The summed E-state index contributed by atoms with van der Waals surface area (Å²) in [5.41, 5.74) is 1.93. The van der Waals surface area contributed by atoms with E-state index in [1.165, 1.54) is 6.42 Å². The van der Waals surface area contributed by atoms with E-state index in [1.54, 1.807) is 11.8 Å². The monoisotopic (exact) mass is 265 g/mol. The summed E-state index contributed by atoms with van der Waals surface area (Å²) in [7, 11) is 0. The van der Waals surface area contributed by atoms with Gasteiger partial charge in [-0.25, -0.2) is 0 Å². The van der Waals surface area contributed by atoms with Gasteiger partial charge in [0.15, 0.2) is 0 Å². The van der Waals surface area contributed by atoms with E-state index in [0.29, 0.717) is 6.42 Å². The van der Waals surface area contributed by atoms with Crippen LogP contribution in [0.1, 0.15) is 24.8 Å². The van der Waals surface area contributed by atoms with Gasteiger partial charge in [0.1, 0.15) is 0 Å². The minimum atomic E-state index is 0.107. The molecule has 1 atom stereocenters. The summed E-state index contributed by atoms with van der Waals surface area (Å²) in [6, 6.07) is 7.69. The summed E-state index contributed by atoms with van der Waals surface area (Å²) in [5, 5.41) is 11.9. The van der Waals surface area contributed by atoms with E-state index < -0.39 is 0 Å². The van der Waals surface area contributed by atoms with Crippen molar-refractivity contribution in [2.45, 2.75) is 30.9 Å². The maximum absolute atomic E-state index is 12.0. The molecule has 0 spiro atoms. The van der Waals surface area contributed by atoms with Crippen molar-refractivity contribution in [1.29, 1.82) is 0 Å². The first-order valence-electron chi connectivity index (χ1n) is 6.42. The van der Waals surface area contributed by atoms with E-state index in [9.17, 15) is 4.79 Å². The molecule has 0 radical (unpaired) electrons. The van der Waals surface area contributed by atoms with Gasteiger partial charge < -0.3 is 10.4 Å². The van der Waals surface area contributed by atoms with Gasteiger partial charge in [0.2, 0.25) is 5.91 Å². The van der Waals surface area contributed by atoms with Crippen LogP contribution in [0.2, 0.25) is 0 Å². The quantitative estimate of drug-likeness (QED) is 0.879. The molecule has 1 aromatic carbocycles. The summed E-state index contributed by atoms with van der Waals surface area (Å²) in [5.74, 6) is 1.21. The lowest BCUT2D eigenvalue weighted by molar-refractivity contribution is -0.115. The standard InChI is InChI=1S/C14H19NO2S/c16-9-8-11-4-6-12(7-5-11)15-14(17)13-3-1-2-10-18-13/h4-7,13,16H,1-3,8-10H2,(H,15,17). The number of anilines is 1. The number of aliphatic hydroxyl groups is 1. The van der Waals surface area contributed by atoms with Crippen molar-refractivity contribution in [3.05, 3.63) is 29.8 Å². The Morgan fingerprint density at radius 2 is 2.11 bits per heavy atom. The molecule has 18 heavy (non-hydrogen) atoms. The second-order valence-electron chi connectivity index (χ2n) is 4.51. The molecular weight excluding hydrogens is 246 g/mol. The number of aliphatic hydroxyl groups excluding tert-OH is 1. The van der Waals surface area contributed by atoms with Gasteiger partial charge in [-0.3, -0.25) is 4.79 Å². The van der Waals surface area contributed by atoms with Crippen molar-refractivity contribution < 1.29 is 9.90 Å². The third-order valence-corrected chi connectivity index (χ3v) is 4.47. The fraction of sp³-hybridized carbons (Fsp3) is 0.500. The average molecular weight is 265 g/mol. The predicted molar refractivity (Wildman–Crippen MR) is 76.0 cm³/mol. The summed E-state index contributed by atoms with van der Waals surface area (Å²) in [6.07, 6.45) is 4.02. The lowest BCUT2D eigenvalue weighted by Gasteiger charge is -2.20. The summed E-state index contributed by atoms with van der Waals surface area (Å²) >= 11 is 1.76. The number of hydrogen-bond acceptors (Lipinski definition) is 3. The van der Waals surface area contributed by atoms with Crippen LogP contribution >= 0.6 is 11.8 Å². The second-order valence-corrected chi connectivity index (χ2v) is 5.83. The van der Waals surface area contributed by atoms with E-state index in [1.807, 2.05) is 24.3 Å². The fourth-order valence-corrected chi connectivity index (χ4v) is 3.25. The van der Waals surface area contributed by atoms with Crippen molar-refractivity contribution in [1.82, 2.24) is 0 Å². The molecule has 1 aromatic rings. The van der Waals surface area contributed by atoms with Gasteiger partial charge in [0.25, 0.3) is 0 Å². The highest BCUT2D eigenvalue weighted by molar-refractivity contribution is 8.00. The molecule has 98 valence electrons. The minimum absolute atomic E-state index is 0.107. The van der Waals surface area contributed by atoms with Gasteiger partial charge in [-0.1, -0.05) is 18.6 Å². The van der Waals surface area contributed by atoms with Gasteiger partial charge in [0, 0.05) is 12.3 Å². The third kappa shape index (κ3) is 3.75. The van der Waals surface area contributed by atoms with Crippen molar-refractivity contribution in [2.24, 2.45) is 0 Å². The number of hydrogen-bond donors (Lipinski definition) is 2. The lowest BCUT2D eigenvalue weighted by Crippen LogP contribution is -2.27. The zero-order chi connectivity index (χ0) is 12.8. The molecule has 0 aromatic heterocycles. The van der Waals surface area contributed by atoms with Gasteiger partial charge in [-0.2, -0.15) is 0 Å². The zero-order valence-electron chi connectivity index (χ0n) is 10.4. The maximum atomic E-state index is 12.0. The van der Waals surface area contributed by atoms with E-state index in [-0.39, 0.29) is 17.8 Å². The Labute approximate surface area is 112 Å². The molecule has 1 aliphatic heterocycles. The van der Waals surface area contributed by atoms with Crippen LogP contribution in [0.4, 0.5) is 5.69 Å². The molecule has 1 heterocycles. The molecule has 1 saturated heterocycles. The summed E-state index contributed by atoms with van der Waals surface area (Å²) in [4.78, 5) is 12.0. The number of nitrogens with one attached hydrogen (secondary N) is 1. The molecule has 1 amide bonds. The molecule has 4 heteroatoms. The van der Waals surface area contributed by atoms with Crippen LogP contribution in [0.15, 0.2) is 24.3 Å². The molecule has 0 saturated carbocycles. The maximum Gasteiger partial charge on any atom is 0.237 e. The van der Waals surface area contributed by atoms with Crippen LogP contribution in [0.5, 0.6) is 0 Å². The Morgan fingerprint density at radius 3 is 2.72 bits per heavy atom. The van der Waals surface area contributed by atoms with Crippen LogP contribution in [0.3, 0.4) is 0 Å². The van der Waals surface area contributed by atoms with Gasteiger partial charge in [0.05, 0.1) is 5.25 Å². The largest absolute Gasteiger partial charge is 0.396 e. The summed E-state index contributed by atoms with van der Waals surface area (Å²) < 4.78 is 0. The lowest BCUT2D eigenvalue weighted by atomic mass is 10.1. The highest BCUT2D eigenvalue weighted by atomic mass is 32.2. The second kappa shape index (κ2) is 6.81. The molecule has 2 rings (SSSR count). The van der Waals surface area contributed by atoms with Crippen molar-refractivity contribution in [3.8, 4) is 0 Å². The Kier molecular flexibility index (Phi) is 5.08. The number of carbonyl (C=O) groups is 1. The number of amides is 1. The van der Waals surface area contributed by atoms with Crippen LogP contribution in [0, 0.1) is 0 Å². The first kappa shape index (κ1) is 13.4. The van der Waals surface area contributed by atoms with Gasteiger partial charge in [-0.05, 0) is 42.7 Å². The topological polar surface area (TPSA) is 49.3 Å². The van der Waals surface area contributed by atoms with Crippen molar-refractivity contribution >= 4 is 23.4 Å². The van der Waals surface area contributed by atoms with E-state index in [2.05, 4.69) is 5.32 Å². The molecular formula is C14H19NO2S. The van der Waals surface area contributed by atoms with Crippen LogP contribution in [0.25, 0.3) is 0 Å². The fourth-order valence-electron chi connectivity index (χ4n) is 2.05. The molecule has 3 nitrogen and oxygen atoms in total. The van der Waals surface area contributed by atoms with Crippen LogP contribution in [-0.2, 0) is 11.2 Å². The highest BCUT2D eigenvalue weighted by Crippen LogP contribution is 2.26. The van der Waals surface area contributed by atoms with Crippen LogP contribution < -0.4 is 5.32 Å². The Hall–Kier alpha value is -1.00. The van der Waals surface area contributed by atoms with Gasteiger partial charge >= 0.3 is 0 Å². The van der Waals surface area contributed by atoms with Gasteiger partial charge in [-0.15, -0.1) is 11.8 Å². The first-order valence-corrected chi connectivity index (χ1v) is 7.47. The van der Waals surface area contributed by atoms with E-state index >= 15 is 0 Å². The average Bonchev–Trinajstić information content (AvgIpc) is 2.42. The Bertz CT molecular complexity index is 385. The number of thioether (sulfide) groups is 1. The van der Waals surface area contributed by atoms with Crippen molar-refractivity contribution in [3.63, 3.8) is 0 Å². The third-order valence-electron chi connectivity index (χ3n) is 3.09. The number of carbonyl (C=O) groups excluding carboxylic acids is 1. The van der Waals surface area contributed by atoms with Crippen LogP contribution in [-0.4, -0.2) is 28.6 Å². The molecule has 1 unspecified atom stereocenters. The van der Waals surface area contributed by atoms with E-state index in [4.69, 9.17) is 5.11 Å². The first-order chi connectivity index (χ1) is 8.79.